The van der Waals surface area contributed by atoms with Gasteiger partial charge in [0.15, 0.2) is 9.84 Å². The molecule has 0 saturated carbocycles. The second-order valence-electron chi connectivity index (χ2n) is 6.05. The Bertz CT molecular complexity index is 848. The van der Waals surface area contributed by atoms with Crippen molar-refractivity contribution in [3.8, 4) is 0 Å². The molecule has 2 aromatic rings. The van der Waals surface area contributed by atoms with Crippen molar-refractivity contribution in [2.24, 2.45) is 0 Å². The van der Waals surface area contributed by atoms with Crippen LogP contribution in [0.4, 0.5) is 0 Å². The topological polar surface area (TPSA) is 37.4 Å². The highest BCUT2D eigenvalue weighted by atomic mass is 35.5. The highest BCUT2D eigenvalue weighted by Crippen LogP contribution is 2.38. The summed E-state index contributed by atoms with van der Waals surface area (Å²) in [7, 11) is -1.14. The van der Waals surface area contributed by atoms with Crippen LogP contribution in [-0.2, 0) is 16.4 Å². The van der Waals surface area contributed by atoms with Gasteiger partial charge in [-0.15, -0.1) is 0 Å². The van der Waals surface area contributed by atoms with Crippen LogP contribution >= 0.6 is 23.2 Å². The van der Waals surface area contributed by atoms with Crippen molar-refractivity contribution in [2.45, 2.75) is 17.4 Å². The van der Waals surface area contributed by atoms with Gasteiger partial charge < -0.3 is 4.90 Å². The summed E-state index contributed by atoms with van der Waals surface area (Å²) in [5, 5.41) is 1.30. The normalized spacial score (nSPS) is 18.7. The number of benzene rings is 2. The third kappa shape index (κ3) is 3.41. The van der Waals surface area contributed by atoms with Gasteiger partial charge in [0.25, 0.3) is 0 Å². The van der Waals surface area contributed by atoms with Gasteiger partial charge in [-0.25, -0.2) is 8.42 Å². The molecule has 23 heavy (non-hydrogen) atoms. The number of likely N-dealkylation sites (N-methyl/N-ethyl adjacent to an activating group) is 1. The van der Waals surface area contributed by atoms with Crippen molar-refractivity contribution < 1.29 is 8.42 Å². The SMILES string of the molecule is CN1Cc2c(Cl)cc(Cl)cc2[C@@H](c2ccc(S(C)(=O)=O)cc2)C1. The third-order valence-corrected chi connectivity index (χ3v) is 5.89. The van der Waals surface area contributed by atoms with Gasteiger partial charge in [-0.3, -0.25) is 0 Å². The van der Waals surface area contributed by atoms with Crippen LogP contribution in [0.3, 0.4) is 0 Å². The molecule has 122 valence electrons. The first-order chi connectivity index (χ1) is 10.8. The first kappa shape index (κ1) is 16.8. The summed E-state index contributed by atoms with van der Waals surface area (Å²) in [6.07, 6.45) is 1.21. The van der Waals surface area contributed by atoms with E-state index in [4.69, 9.17) is 23.2 Å². The summed E-state index contributed by atoms with van der Waals surface area (Å²) in [4.78, 5) is 2.53. The van der Waals surface area contributed by atoms with Crippen LogP contribution in [0.1, 0.15) is 22.6 Å². The van der Waals surface area contributed by atoms with Gasteiger partial charge in [-0.05, 0) is 48.0 Å². The molecule has 0 saturated heterocycles. The summed E-state index contributed by atoms with van der Waals surface area (Å²) >= 11 is 12.5. The molecule has 0 bridgehead atoms. The minimum absolute atomic E-state index is 0.119. The Hall–Kier alpha value is -1.07. The lowest BCUT2D eigenvalue weighted by molar-refractivity contribution is 0.295. The van der Waals surface area contributed by atoms with Gasteiger partial charge in [0.05, 0.1) is 4.90 Å². The Kier molecular flexibility index (Phi) is 4.45. The lowest BCUT2D eigenvalue weighted by Gasteiger charge is -2.33. The molecule has 0 unspecified atom stereocenters. The molecule has 3 rings (SSSR count). The predicted octanol–water partition coefficient (Wildman–Crippen LogP) is 3.97. The van der Waals surface area contributed by atoms with E-state index in [1.165, 1.54) is 6.26 Å². The minimum Gasteiger partial charge on any atom is -0.301 e. The van der Waals surface area contributed by atoms with Crippen LogP contribution in [0.2, 0.25) is 10.0 Å². The van der Waals surface area contributed by atoms with Gasteiger partial charge in [-0.2, -0.15) is 0 Å². The van der Waals surface area contributed by atoms with Crippen molar-refractivity contribution in [2.75, 3.05) is 19.8 Å². The number of fused-ring (bicyclic) bond motifs is 1. The van der Waals surface area contributed by atoms with Crippen LogP contribution in [0.5, 0.6) is 0 Å². The van der Waals surface area contributed by atoms with Crippen LogP contribution in [0.15, 0.2) is 41.3 Å². The number of sulfone groups is 1. The molecule has 1 aliphatic rings. The van der Waals surface area contributed by atoms with E-state index < -0.39 is 9.84 Å². The maximum Gasteiger partial charge on any atom is 0.175 e. The van der Waals surface area contributed by atoms with Gasteiger partial charge in [-0.1, -0.05) is 35.3 Å². The molecule has 3 nitrogen and oxygen atoms in total. The lowest BCUT2D eigenvalue weighted by atomic mass is 9.85. The molecule has 1 atom stereocenters. The van der Waals surface area contributed by atoms with Crippen molar-refractivity contribution >= 4 is 33.0 Å². The monoisotopic (exact) mass is 369 g/mol. The second kappa shape index (κ2) is 6.10. The van der Waals surface area contributed by atoms with E-state index in [2.05, 4.69) is 4.90 Å². The number of hydrogen-bond donors (Lipinski definition) is 0. The zero-order valence-corrected chi connectivity index (χ0v) is 15.2. The predicted molar refractivity (Wildman–Crippen MR) is 94.2 cm³/mol. The first-order valence-electron chi connectivity index (χ1n) is 7.22. The highest BCUT2D eigenvalue weighted by molar-refractivity contribution is 7.90. The Labute approximate surface area is 146 Å². The van der Waals surface area contributed by atoms with E-state index in [9.17, 15) is 8.42 Å². The molecule has 1 aliphatic heterocycles. The Morgan fingerprint density at radius 2 is 1.78 bits per heavy atom. The fourth-order valence-electron chi connectivity index (χ4n) is 3.08. The molecule has 2 aromatic carbocycles. The van der Waals surface area contributed by atoms with Crippen LogP contribution in [0, 0.1) is 0 Å². The Balaban J connectivity index is 2.08. The summed E-state index contributed by atoms with van der Waals surface area (Å²) in [6.45, 7) is 1.62. The number of halogens is 2. The van der Waals surface area contributed by atoms with Gasteiger partial charge in [0.2, 0.25) is 0 Å². The zero-order valence-electron chi connectivity index (χ0n) is 12.9. The van der Waals surface area contributed by atoms with Crippen LogP contribution in [-0.4, -0.2) is 33.2 Å². The molecule has 6 heteroatoms. The van der Waals surface area contributed by atoms with E-state index in [1.54, 1.807) is 18.2 Å². The van der Waals surface area contributed by atoms with E-state index in [0.29, 0.717) is 14.9 Å². The molecule has 0 fully saturated rings. The maximum absolute atomic E-state index is 11.6. The van der Waals surface area contributed by atoms with Gasteiger partial charge >= 0.3 is 0 Å². The Morgan fingerprint density at radius 1 is 1.13 bits per heavy atom. The molecule has 0 aromatic heterocycles. The third-order valence-electron chi connectivity index (χ3n) is 4.20. The van der Waals surface area contributed by atoms with Crippen molar-refractivity contribution in [3.05, 3.63) is 63.1 Å². The molecule has 0 aliphatic carbocycles. The summed E-state index contributed by atoms with van der Waals surface area (Å²) in [5.74, 6) is 0.119. The summed E-state index contributed by atoms with van der Waals surface area (Å²) < 4.78 is 23.2. The standard InChI is InChI=1S/C17H17Cl2NO2S/c1-20-9-15(11-3-5-13(6-4-11)23(2,21)22)14-7-12(18)8-17(19)16(14)10-20/h3-8,15H,9-10H2,1-2H3/t15-/m1/s1. The van der Waals surface area contributed by atoms with Crippen molar-refractivity contribution in [1.29, 1.82) is 0 Å². The fourth-order valence-corrected chi connectivity index (χ4v) is 4.28. The average molecular weight is 370 g/mol. The largest absolute Gasteiger partial charge is 0.301 e. The molecular weight excluding hydrogens is 353 g/mol. The first-order valence-corrected chi connectivity index (χ1v) is 9.87. The van der Waals surface area contributed by atoms with E-state index >= 15 is 0 Å². The van der Waals surface area contributed by atoms with Crippen molar-refractivity contribution in [3.63, 3.8) is 0 Å². The molecule has 0 N–H and O–H groups in total. The van der Waals surface area contributed by atoms with Crippen LogP contribution in [0.25, 0.3) is 0 Å². The molecule has 0 spiro atoms. The number of rotatable bonds is 2. The van der Waals surface area contributed by atoms with Crippen LogP contribution < -0.4 is 0 Å². The van der Waals surface area contributed by atoms with Gasteiger partial charge in [0, 0.05) is 35.3 Å². The number of hydrogen-bond acceptors (Lipinski definition) is 3. The van der Waals surface area contributed by atoms with E-state index in [-0.39, 0.29) is 5.92 Å². The quantitative estimate of drug-likeness (QED) is 0.803. The smallest absolute Gasteiger partial charge is 0.175 e. The lowest BCUT2D eigenvalue weighted by Crippen LogP contribution is -2.31. The fraction of sp³-hybridized carbons (Fsp3) is 0.294. The Morgan fingerprint density at radius 3 is 2.39 bits per heavy atom. The molecule has 0 amide bonds. The molecule has 1 heterocycles. The summed E-state index contributed by atoms with van der Waals surface area (Å²) in [5.41, 5.74) is 3.26. The summed E-state index contributed by atoms with van der Waals surface area (Å²) in [6, 6.07) is 10.8. The maximum atomic E-state index is 11.6. The minimum atomic E-state index is -3.19. The molecular formula is C17H17Cl2NO2S. The zero-order chi connectivity index (χ0) is 16.8. The van der Waals surface area contributed by atoms with E-state index in [1.807, 2.05) is 25.2 Å². The number of nitrogens with zero attached hydrogens (tertiary/aromatic N) is 1. The molecule has 0 radical (unpaired) electrons. The van der Waals surface area contributed by atoms with Gasteiger partial charge in [0.1, 0.15) is 0 Å². The van der Waals surface area contributed by atoms with Crippen molar-refractivity contribution in [1.82, 2.24) is 4.90 Å². The average Bonchev–Trinajstić information content (AvgIpc) is 2.47. The van der Waals surface area contributed by atoms with E-state index in [0.717, 1.165) is 29.8 Å². The highest BCUT2D eigenvalue weighted by Gasteiger charge is 2.27. The second-order valence-corrected chi connectivity index (χ2v) is 8.91.